The van der Waals surface area contributed by atoms with Gasteiger partial charge in [0.05, 0.1) is 0 Å². The molecule has 4 rings (SSSR count). The van der Waals surface area contributed by atoms with E-state index in [-0.39, 0.29) is 12.4 Å². The summed E-state index contributed by atoms with van der Waals surface area (Å²) in [6.07, 6.45) is 6.69. The molecule has 0 aromatic carbocycles. The van der Waals surface area contributed by atoms with Crippen molar-refractivity contribution in [1.82, 2.24) is 10.2 Å². The number of amides is 1. The predicted molar refractivity (Wildman–Crippen MR) is 86.4 cm³/mol. The van der Waals surface area contributed by atoms with Gasteiger partial charge in [-0.1, -0.05) is 6.92 Å². The number of nitrogens with zero attached hydrogens (tertiary/aromatic N) is 1. The number of hydrogen-bond acceptors (Lipinski definition) is 2. The van der Waals surface area contributed by atoms with Crippen molar-refractivity contribution in [2.45, 2.75) is 39.0 Å². The number of fused-ring (bicyclic) bond motifs is 5. The highest BCUT2D eigenvalue weighted by Gasteiger charge is 2.67. The van der Waals surface area contributed by atoms with Gasteiger partial charge in [0.1, 0.15) is 0 Å². The second-order valence-electron chi connectivity index (χ2n) is 7.59. The lowest BCUT2D eigenvalue weighted by atomic mass is 9.95. The van der Waals surface area contributed by atoms with Crippen LogP contribution in [0.2, 0.25) is 0 Å². The molecule has 0 aromatic heterocycles. The molecule has 0 spiro atoms. The number of nitrogens with one attached hydrogen (secondary N) is 1. The molecule has 4 fully saturated rings. The second-order valence-corrected chi connectivity index (χ2v) is 7.59. The monoisotopic (exact) mass is 312 g/mol. The highest BCUT2D eigenvalue weighted by Crippen LogP contribution is 2.69. The Morgan fingerprint density at radius 3 is 2.29 bits per heavy atom. The topological polar surface area (TPSA) is 32.3 Å². The number of carbonyl (C=O) groups excluding carboxylic acids is 1. The summed E-state index contributed by atoms with van der Waals surface area (Å²) in [6.45, 7) is 6.39. The maximum atomic E-state index is 12.7. The van der Waals surface area contributed by atoms with Crippen molar-refractivity contribution in [3.05, 3.63) is 0 Å². The standard InChI is InChI=1S/C17H28N2O.ClH/c1-2-18-10-11-5-7-19(8-6-11)17(20)16-14-12-3-4-13(9-12)15(14)16;/h11-16,18H,2-10H2,1H3;1H. The fraction of sp³-hybridized carbons (Fsp3) is 0.941. The first kappa shape index (κ1) is 15.6. The molecule has 0 radical (unpaired) electrons. The molecule has 4 atom stereocenters. The minimum absolute atomic E-state index is 0. The SMILES string of the molecule is CCNCC1CCN(C(=O)C2C3C4CCC(C4)C23)CC1.Cl. The molecule has 4 aliphatic rings. The van der Waals surface area contributed by atoms with Gasteiger partial charge in [-0.2, -0.15) is 0 Å². The van der Waals surface area contributed by atoms with Crippen LogP contribution in [-0.4, -0.2) is 37.0 Å². The molecule has 1 aliphatic heterocycles. The Morgan fingerprint density at radius 2 is 1.71 bits per heavy atom. The fourth-order valence-electron chi connectivity index (χ4n) is 5.57. The van der Waals surface area contributed by atoms with Crippen molar-refractivity contribution in [1.29, 1.82) is 0 Å². The molecule has 4 heteroatoms. The van der Waals surface area contributed by atoms with E-state index in [0.29, 0.717) is 11.8 Å². The van der Waals surface area contributed by atoms with Gasteiger partial charge in [-0.05, 0) is 74.8 Å². The molecule has 1 saturated heterocycles. The maximum absolute atomic E-state index is 12.7. The van der Waals surface area contributed by atoms with Crippen molar-refractivity contribution in [3.8, 4) is 0 Å². The lowest BCUT2D eigenvalue weighted by molar-refractivity contribution is -0.135. The van der Waals surface area contributed by atoms with Crippen LogP contribution in [0.25, 0.3) is 0 Å². The van der Waals surface area contributed by atoms with Gasteiger partial charge < -0.3 is 10.2 Å². The number of rotatable bonds is 4. The zero-order valence-electron chi connectivity index (χ0n) is 13.1. The third kappa shape index (κ3) is 2.61. The van der Waals surface area contributed by atoms with Crippen molar-refractivity contribution in [2.75, 3.05) is 26.2 Å². The molecule has 4 unspecified atom stereocenters. The third-order valence-electron chi connectivity index (χ3n) is 6.63. The molecule has 1 amide bonds. The van der Waals surface area contributed by atoms with E-state index in [1.54, 1.807) is 0 Å². The molecular weight excluding hydrogens is 284 g/mol. The molecular formula is C17H29ClN2O. The Kier molecular flexibility index (Phi) is 4.52. The van der Waals surface area contributed by atoms with Crippen LogP contribution < -0.4 is 5.32 Å². The first-order chi connectivity index (χ1) is 9.79. The number of piperidine rings is 1. The van der Waals surface area contributed by atoms with E-state index in [4.69, 9.17) is 0 Å². The van der Waals surface area contributed by atoms with Crippen molar-refractivity contribution < 1.29 is 4.79 Å². The molecule has 3 saturated carbocycles. The number of likely N-dealkylation sites (tertiary alicyclic amines) is 1. The Hall–Kier alpha value is -0.280. The van der Waals surface area contributed by atoms with E-state index in [1.165, 1.54) is 32.1 Å². The number of halogens is 1. The van der Waals surface area contributed by atoms with Crippen LogP contribution in [0.5, 0.6) is 0 Å². The van der Waals surface area contributed by atoms with Crippen molar-refractivity contribution in [3.63, 3.8) is 0 Å². The van der Waals surface area contributed by atoms with Crippen LogP contribution in [0.4, 0.5) is 0 Å². The number of hydrogen-bond donors (Lipinski definition) is 1. The molecule has 1 N–H and O–H groups in total. The molecule has 0 aromatic rings. The Morgan fingerprint density at radius 1 is 1.10 bits per heavy atom. The predicted octanol–water partition coefficient (Wildman–Crippen LogP) is 2.55. The largest absolute Gasteiger partial charge is 0.342 e. The third-order valence-corrected chi connectivity index (χ3v) is 6.63. The maximum Gasteiger partial charge on any atom is 0.226 e. The van der Waals surface area contributed by atoms with E-state index in [0.717, 1.165) is 55.8 Å². The molecule has 21 heavy (non-hydrogen) atoms. The van der Waals surface area contributed by atoms with E-state index in [9.17, 15) is 4.79 Å². The van der Waals surface area contributed by atoms with Crippen LogP contribution in [0.15, 0.2) is 0 Å². The smallest absolute Gasteiger partial charge is 0.226 e. The van der Waals surface area contributed by atoms with Gasteiger partial charge in [-0.3, -0.25) is 4.79 Å². The van der Waals surface area contributed by atoms with Crippen molar-refractivity contribution in [2.24, 2.45) is 35.5 Å². The summed E-state index contributed by atoms with van der Waals surface area (Å²) in [5.74, 6) is 5.22. The minimum atomic E-state index is 0. The summed E-state index contributed by atoms with van der Waals surface area (Å²) in [6, 6.07) is 0. The van der Waals surface area contributed by atoms with Gasteiger partial charge in [-0.25, -0.2) is 0 Å². The minimum Gasteiger partial charge on any atom is -0.342 e. The van der Waals surface area contributed by atoms with Crippen LogP contribution in [0, 0.1) is 35.5 Å². The normalized spacial score (nSPS) is 40.8. The average Bonchev–Trinajstić information content (AvgIpc) is 2.92. The zero-order chi connectivity index (χ0) is 13.7. The van der Waals surface area contributed by atoms with Gasteiger partial charge >= 0.3 is 0 Å². The van der Waals surface area contributed by atoms with Gasteiger partial charge in [0, 0.05) is 19.0 Å². The van der Waals surface area contributed by atoms with Crippen molar-refractivity contribution >= 4 is 18.3 Å². The summed E-state index contributed by atoms with van der Waals surface area (Å²) in [5, 5.41) is 3.45. The lowest BCUT2D eigenvalue weighted by Gasteiger charge is -2.32. The first-order valence-corrected chi connectivity index (χ1v) is 8.79. The van der Waals surface area contributed by atoms with Gasteiger partial charge in [0.15, 0.2) is 0 Å². The lowest BCUT2D eigenvalue weighted by Crippen LogP contribution is -2.42. The highest BCUT2D eigenvalue weighted by molar-refractivity contribution is 5.85. The molecule has 3 aliphatic carbocycles. The van der Waals surface area contributed by atoms with E-state index in [2.05, 4.69) is 17.1 Å². The second kappa shape index (κ2) is 6.08. The van der Waals surface area contributed by atoms with Crippen LogP contribution in [0.3, 0.4) is 0 Å². The summed E-state index contributed by atoms with van der Waals surface area (Å²) in [5.41, 5.74) is 0. The zero-order valence-corrected chi connectivity index (χ0v) is 13.9. The Labute approximate surface area is 134 Å². The molecule has 2 bridgehead atoms. The fourth-order valence-corrected chi connectivity index (χ4v) is 5.57. The summed E-state index contributed by atoms with van der Waals surface area (Å²) in [7, 11) is 0. The van der Waals surface area contributed by atoms with Gasteiger partial charge in [-0.15, -0.1) is 12.4 Å². The highest BCUT2D eigenvalue weighted by atomic mass is 35.5. The van der Waals surface area contributed by atoms with E-state index < -0.39 is 0 Å². The molecule has 1 heterocycles. The summed E-state index contributed by atoms with van der Waals surface area (Å²) >= 11 is 0. The van der Waals surface area contributed by atoms with Gasteiger partial charge in [0.2, 0.25) is 5.91 Å². The molecule has 120 valence electrons. The Balaban J connectivity index is 0.00000132. The van der Waals surface area contributed by atoms with Crippen LogP contribution in [-0.2, 0) is 4.79 Å². The summed E-state index contributed by atoms with van der Waals surface area (Å²) in [4.78, 5) is 14.9. The van der Waals surface area contributed by atoms with Gasteiger partial charge in [0.25, 0.3) is 0 Å². The quantitative estimate of drug-likeness (QED) is 0.865. The average molecular weight is 313 g/mol. The number of carbonyl (C=O) groups is 1. The summed E-state index contributed by atoms with van der Waals surface area (Å²) < 4.78 is 0. The van der Waals surface area contributed by atoms with Crippen LogP contribution >= 0.6 is 12.4 Å². The molecule has 3 nitrogen and oxygen atoms in total. The first-order valence-electron chi connectivity index (χ1n) is 8.79. The van der Waals surface area contributed by atoms with E-state index in [1.807, 2.05) is 0 Å². The Bertz CT molecular complexity index is 378. The van der Waals surface area contributed by atoms with E-state index >= 15 is 0 Å². The van der Waals surface area contributed by atoms with Crippen LogP contribution in [0.1, 0.15) is 39.0 Å².